The predicted octanol–water partition coefficient (Wildman–Crippen LogP) is 3.51. The SMILES string of the molecule is N#Cc1csc(-c2ccc(Br)s2)n1. The molecule has 13 heavy (non-hydrogen) atoms. The maximum atomic E-state index is 8.59. The Hall–Kier alpha value is -0.700. The number of rotatable bonds is 1. The van der Waals surface area contributed by atoms with Gasteiger partial charge in [-0.15, -0.1) is 22.7 Å². The number of thiazole rings is 1. The van der Waals surface area contributed by atoms with Crippen LogP contribution in [-0.2, 0) is 0 Å². The third-order valence-electron chi connectivity index (χ3n) is 1.40. The summed E-state index contributed by atoms with van der Waals surface area (Å²) in [5.74, 6) is 0. The molecule has 0 saturated heterocycles. The minimum Gasteiger partial charge on any atom is -0.224 e. The molecule has 0 atom stereocenters. The summed E-state index contributed by atoms with van der Waals surface area (Å²) in [4.78, 5) is 5.26. The summed E-state index contributed by atoms with van der Waals surface area (Å²) in [5, 5.41) is 11.3. The summed E-state index contributed by atoms with van der Waals surface area (Å²) in [6.07, 6.45) is 0. The molecule has 0 radical (unpaired) electrons. The predicted molar refractivity (Wildman–Crippen MR) is 57.8 cm³/mol. The van der Waals surface area contributed by atoms with Gasteiger partial charge in [0.15, 0.2) is 5.69 Å². The molecule has 2 heterocycles. The normalized spacial score (nSPS) is 9.85. The molecule has 0 aromatic carbocycles. The van der Waals surface area contributed by atoms with E-state index in [-0.39, 0.29) is 0 Å². The van der Waals surface area contributed by atoms with Crippen molar-refractivity contribution in [2.45, 2.75) is 0 Å². The lowest BCUT2D eigenvalue weighted by molar-refractivity contribution is 1.34. The molecule has 5 heteroatoms. The first kappa shape index (κ1) is 8.88. The van der Waals surface area contributed by atoms with Crippen LogP contribution in [0.5, 0.6) is 0 Å². The van der Waals surface area contributed by atoms with E-state index in [0.717, 1.165) is 13.7 Å². The summed E-state index contributed by atoms with van der Waals surface area (Å²) in [6, 6.07) is 5.99. The fourth-order valence-corrected chi connectivity index (χ4v) is 3.07. The van der Waals surface area contributed by atoms with Gasteiger partial charge in [-0.3, -0.25) is 0 Å². The molecular weight excluding hydrogens is 268 g/mol. The Bertz CT molecular complexity index is 466. The van der Waals surface area contributed by atoms with Crippen molar-refractivity contribution in [2.24, 2.45) is 0 Å². The second-order valence-electron chi connectivity index (χ2n) is 2.25. The highest BCUT2D eigenvalue weighted by atomic mass is 79.9. The lowest BCUT2D eigenvalue weighted by Crippen LogP contribution is -1.71. The van der Waals surface area contributed by atoms with Crippen LogP contribution in [0.4, 0.5) is 0 Å². The molecule has 0 saturated carbocycles. The maximum Gasteiger partial charge on any atom is 0.152 e. The van der Waals surface area contributed by atoms with Gasteiger partial charge in [0, 0.05) is 5.38 Å². The van der Waals surface area contributed by atoms with Gasteiger partial charge in [-0.25, -0.2) is 4.98 Å². The van der Waals surface area contributed by atoms with E-state index in [1.54, 1.807) is 16.7 Å². The Morgan fingerprint density at radius 2 is 2.31 bits per heavy atom. The molecule has 2 nitrogen and oxygen atoms in total. The Morgan fingerprint density at radius 1 is 1.46 bits per heavy atom. The molecule has 2 rings (SSSR count). The summed E-state index contributed by atoms with van der Waals surface area (Å²) in [6.45, 7) is 0. The van der Waals surface area contributed by atoms with Gasteiger partial charge in [0.2, 0.25) is 0 Å². The molecule has 0 aliphatic rings. The highest BCUT2D eigenvalue weighted by Crippen LogP contribution is 2.32. The molecular formula is C8H3BrN2S2. The van der Waals surface area contributed by atoms with E-state index in [9.17, 15) is 0 Å². The van der Waals surface area contributed by atoms with Crippen molar-refractivity contribution in [3.05, 3.63) is 27.0 Å². The molecule has 0 fully saturated rings. The fraction of sp³-hybridized carbons (Fsp3) is 0. The van der Waals surface area contributed by atoms with E-state index in [2.05, 4.69) is 20.9 Å². The van der Waals surface area contributed by atoms with E-state index in [4.69, 9.17) is 5.26 Å². The van der Waals surface area contributed by atoms with Crippen LogP contribution in [-0.4, -0.2) is 4.98 Å². The van der Waals surface area contributed by atoms with Crippen molar-refractivity contribution in [3.63, 3.8) is 0 Å². The van der Waals surface area contributed by atoms with Crippen molar-refractivity contribution in [1.82, 2.24) is 4.98 Å². The first-order chi connectivity index (χ1) is 6.29. The van der Waals surface area contributed by atoms with Crippen LogP contribution in [0.25, 0.3) is 9.88 Å². The number of nitrogens with zero attached hydrogens (tertiary/aromatic N) is 2. The number of nitriles is 1. The van der Waals surface area contributed by atoms with Gasteiger partial charge in [-0.1, -0.05) is 0 Å². The smallest absolute Gasteiger partial charge is 0.152 e. The molecule has 0 aliphatic heterocycles. The van der Waals surface area contributed by atoms with Crippen molar-refractivity contribution in [1.29, 1.82) is 5.26 Å². The van der Waals surface area contributed by atoms with Crippen molar-refractivity contribution in [3.8, 4) is 16.0 Å². The number of aromatic nitrogens is 1. The fourth-order valence-electron chi connectivity index (χ4n) is 0.867. The maximum absolute atomic E-state index is 8.59. The van der Waals surface area contributed by atoms with Gasteiger partial charge >= 0.3 is 0 Å². The Labute approximate surface area is 91.6 Å². The van der Waals surface area contributed by atoms with Crippen LogP contribution >= 0.6 is 38.6 Å². The summed E-state index contributed by atoms with van der Waals surface area (Å²) in [7, 11) is 0. The lowest BCUT2D eigenvalue weighted by Gasteiger charge is -1.84. The van der Waals surface area contributed by atoms with Crippen LogP contribution < -0.4 is 0 Å². The average Bonchev–Trinajstić information content (AvgIpc) is 2.71. The van der Waals surface area contributed by atoms with E-state index >= 15 is 0 Å². The molecule has 2 aromatic heterocycles. The summed E-state index contributed by atoms with van der Waals surface area (Å²) >= 11 is 6.50. The number of halogens is 1. The zero-order chi connectivity index (χ0) is 9.26. The van der Waals surface area contributed by atoms with E-state index in [1.165, 1.54) is 11.3 Å². The largest absolute Gasteiger partial charge is 0.224 e. The first-order valence-electron chi connectivity index (χ1n) is 3.41. The van der Waals surface area contributed by atoms with Gasteiger partial charge < -0.3 is 0 Å². The standard InChI is InChI=1S/C8H3BrN2S2/c9-7-2-1-6(13-7)8-11-5(3-10)4-12-8/h1-2,4H. The first-order valence-corrected chi connectivity index (χ1v) is 5.90. The van der Waals surface area contributed by atoms with Gasteiger partial charge in [-0.05, 0) is 28.1 Å². The van der Waals surface area contributed by atoms with E-state index in [1.807, 2.05) is 18.2 Å². The zero-order valence-electron chi connectivity index (χ0n) is 6.32. The second kappa shape index (κ2) is 3.58. The van der Waals surface area contributed by atoms with Crippen LogP contribution in [0.2, 0.25) is 0 Å². The molecule has 0 amide bonds. The topological polar surface area (TPSA) is 36.7 Å². The molecule has 0 N–H and O–H groups in total. The van der Waals surface area contributed by atoms with Crippen LogP contribution in [0, 0.1) is 11.3 Å². The van der Waals surface area contributed by atoms with Gasteiger partial charge in [0.05, 0.1) is 8.66 Å². The molecule has 64 valence electrons. The van der Waals surface area contributed by atoms with Gasteiger partial charge in [-0.2, -0.15) is 5.26 Å². The number of hydrogen-bond donors (Lipinski definition) is 0. The van der Waals surface area contributed by atoms with Crippen molar-refractivity contribution >= 4 is 38.6 Å². The molecule has 0 unspecified atom stereocenters. The van der Waals surface area contributed by atoms with Crippen molar-refractivity contribution < 1.29 is 0 Å². The highest BCUT2D eigenvalue weighted by molar-refractivity contribution is 9.11. The van der Waals surface area contributed by atoms with Gasteiger partial charge in [0.25, 0.3) is 0 Å². The van der Waals surface area contributed by atoms with Crippen LogP contribution in [0.15, 0.2) is 21.3 Å². The third kappa shape index (κ3) is 1.80. The van der Waals surface area contributed by atoms with Crippen molar-refractivity contribution in [2.75, 3.05) is 0 Å². The molecule has 0 bridgehead atoms. The minimum atomic E-state index is 0.490. The average molecular weight is 271 g/mol. The molecule has 2 aromatic rings. The Morgan fingerprint density at radius 3 is 2.85 bits per heavy atom. The Balaban J connectivity index is 2.42. The van der Waals surface area contributed by atoms with Crippen LogP contribution in [0.1, 0.15) is 5.69 Å². The number of thiophene rings is 1. The van der Waals surface area contributed by atoms with E-state index < -0.39 is 0 Å². The third-order valence-corrected chi connectivity index (χ3v) is 4.04. The second-order valence-corrected chi connectivity index (χ2v) is 5.57. The van der Waals surface area contributed by atoms with Gasteiger partial charge in [0.1, 0.15) is 11.1 Å². The molecule has 0 aliphatic carbocycles. The zero-order valence-corrected chi connectivity index (χ0v) is 9.54. The summed E-state index contributed by atoms with van der Waals surface area (Å²) < 4.78 is 1.08. The number of hydrogen-bond acceptors (Lipinski definition) is 4. The summed E-state index contributed by atoms with van der Waals surface area (Å²) in [5.41, 5.74) is 0.490. The monoisotopic (exact) mass is 270 g/mol. The quantitative estimate of drug-likeness (QED) is 0.795. The highest BCUT2D eigenvalue weighted by Gasteiger charge is 2.05. The van der Waals surface area contributed by atoms with Crippen LogP contribution in [0.3, 0.4) is 0 Å². The minimum absolute atomic E-state index is 0.490. The van der Waals surface area contributed by atoms with E-state index in [0.29, 0.717) is 5.69 Å². The lowest BCUT2D eigenvalue weighted by atomic mass is 10.5. The Kier molecular flexibility index (Phi) is 2.44. The molecule has 0 spiro atoms.